The lowest BCUT2D eigenvalue weighted by atomic mass is 9.97. The summed E-state index contributed by atoms with van der Waals surface area (Å²) in [6.07, 6.45) is 2.16. The molecule has 3 aromatic rings. The zero-order chi connectivity index (χ0) is 18.5. The van der Waals surface area contributed by atoms with Crippen LogP contribution in [0.1, 0.15) is 16.8 Å². The number of hydrogen-bond donors (Lipinski definition) is 3. The number of benzene rings is 2. The first-order valence-corrected chi connectivity index (χ1v) is 8.49. The van der Waals surface area contributed by atoms with Crippen LogP contribution >= 0.6 is 0 Å². The van der Waals surface area contributed by atoms with Crippen molar-refractivity contribution in [2.24, 2.45) is 5.92 Å². The van der Waals surface area contributed by atoms with Gasteiger partial charge in [-0.2, -0.15) is 5.10 Å². The van der Waals surface area contributed by atoms with Crippen molar-refractivity contribution in [2.45, 2.75) is 19.8 Å². The smallest absolute Gasteiger partial charge is 0.308 e. The van der Waals surface area contributed by atoms with Gasteiger partial charge in [-0.15, -0.1) is 0 Å². The Morgan fingerprint density at radius 3 is 2.65 bits per heavy atom. The van der Waals surface area contributed by atoms with Gasteiger partial charge in [0.15, 0.2) is 0 Å². The van der Waals surface area contributed by atoms with Gasteiger partial charge in [0.25, 0.3) is 0 Å². The molecule has 6 nitrogen and oxygen atoms in total. The summed E-state index contributed by atoms with van der Waals surface area (Å²) in [5, 5.41) is 21.1. The van der Waals surface area contributed by atoms with Crippen LogP contribution in [0.15, 0.2) is 48.7 Å². The van der Waals surface area contributed by atoms with Gasteiger partial charge in [0, 0.05) is 17.8 Å². The fourth-order valence-electron chi connectivity index (χ4n) is 2.92. The topological polar surface area (TPSA) is 95.1 Å². The van der Waals surface area contributed by atoms with Gasteiger partial charge in [-0.1, -0.05) is 42.5 Å². The number of carboxylic acid groups (broad SMARTS) is 1. The van der Waals surface area contributed by atoms with E-state index in [1.54, 1.807) is 6.20 Å². The van der Waals surface area contributed by atoms with Gasteiger partial charge in [0.05, 0.1) is 18.5 Å². The molecule has 134 valence electrons. The summed E-state index contributed by atoms with van der Waals surface area (Å²) in [5.74, 6) is -1.80. The molecule has 1 heterocycles. The molecule has 0 bridgehead atoms. The molecule has 26 heavy (non-hydrogen) atoms. The van der Waals surface area contributed by atoms with Crippen molar-refractivity contribution in [1.29, 1.82) is 0 Å². The molecule has 3 rings (SSSR count). The third-order valence-corrected chi connectivity index (χ3v) is 4.48. The van der Waals surface area contributed by atoms with Gasteiger partial charge in [-0.25, -0.2) is 0 Å². The molecule has 0 radical (unpaired) electrons. The summed E-state index contributed by atoms with van der Waals surface area (Å²) in [6, 6.07) is 13.9. The molecule has 0 saturated heterocycles. The third-order valence-electron chi connectivity index (χ3n) is 4.48. The molecule has 2 aromatic carbocycles. The van der Waals surface area contributed by atoms with Crippen LogP contribution in [0.5, 0.6) is 0 Å². The molecule has 0 saturated carbocycles. The van der Waals surface area contributed by atoms with Crippen LogP contribution in [0.3, 0.4) is 0 Å². The number of rotatable bonds is 7. The summed E-state index contributed by atoms with van der Waals surface area (Å²) in [6.45, 7) is 1.94. The Kier molecular flexibility index (Phi) is 5.31. The first kappa shape index (κ1) is 17.7. The standard InChI is InChI=1S/C20H21N3O3/c1-13-17(12-22-23-13)10-19(24)21-11-18(20(25)26)9-14-6-7-15-4-2-3-5-16(15)8-14/h2-8,12,18H,9-11H2,1H3,(H,21,24)(H,22,23)(H,25,26). The predicted molar refractivity (Wildman–Crippen MR) is 98.8 cm³/mol. The normalized spacial score (nSPS) is 12.0. The van der Waals surface area contributed by atoms with Crippen LogP contribution in [0, 0.1) is 12.8 Å². The highest BCUT2D eigenvalue weighted by molar-refractivity contribution is 5.83. The highest BCUT2D eigenvalue weighted by Gasteiger charge is 2.19. The Morgan fingerprint density at radius 2 is 1.96 bits per heavy atom. The Morgan fingerprint density at radius 1 is 1.19 bits per heavy atom. The number of amides is 1. The quantitative estimate of drug-likeness (QED) is 0.609. The molecule has 1 unspecified atom stereocenters. The Labute approximate surface area is 151 Å². The molecule has 0 aliphatic heterocycles. The maximum atomic E-state index is 12.1. The third kappa shape index (κ3) is 4.27. The average Bonchev–Trinajstić information content (AvgIpc) is 3.03. The van der Waals surface area contributed by atoms with Crippen molar-refractivity contribution in [2.75, 3.05) is 6.54 Å². The number of nitrogens with zero attached hydrogens (tertiary/aromatic N) is 1. The first-order chi connectivity index (χ1) is 12.5. The van der Waals surface area contributed by atoms with Gasteiger partial charge in [-0.3, -0.25) is 14.7 Å². The molecule has 3 N–H and O–H groups in total. The summed E-state index contributed by atoms with van der Waals surface area (Å²) in [5.41, 5.74) is 2.59. The van der Waals surface area contributed by atoms with Crippen LogP contribution in [0.4, 0.5) is 0 Å². The van der Waals surface area contributed by atoms with Crippen LogP contribution in [-0.4, -0.2) is 33.7 Å². The largest absolute Gasteiger partial charge is 0.481 e. The minimum absolute atomic E-state index is 0.0951. The molecule has 1 atom stereocenters. The van der Waals surface area contributed by atoms with E-state index >= 15 is 0 Å². The second kappa shape index (κ2) is 7.82. The lowest BCUT2D eigenvalue weighted by molar-refractivity contribution is -0.141. The van der Waals surface area contributed by atoms with E-state index in [1.165, 1.54) is 0 Å². The van der Waals surface area contributed by atoms with E-state index in [-0.39, 0.29) is 18.9 Å². The highest BCUT2D eigenvalue weighted by atomic mass is 16.4. The van der Waals surface area contributed by atoms with E-state index < -0.39 is 11.9 Å². The lowest BCUT2D eigenvalue weighted by Crippen LogP contribution is -2.35. The molecule has 0 aliphatic carbocycles. The van der Waals surface area contributed by atoms with Gasteiger partial charge in [0.2, 0.25) is 5.91 Å². The molecule has 0 spiro atoms. The average molecular weight is 351 g/mol. The number of carbonyl (C=O) groups excluding carboxylic acids is 1. The second-order valence-corrected chi connectivity index (χ2v) is 6.42. The Hall–Kier alpha value is -3.15. The summed E-state index contributed by atoms with van der Waals surface area (Å²) in [4.78, 5) is 23.7. The van der Waals surface area contributed by atoms with Crippen molar-refractivity contribution in [3.63, 3.8) is 0 Å². The molecule has 1 aromatic heterocycles. The number of aliphatic carboxylic acids is 1. The number of fused-ring (bicyclic) bond motifs is 1. The van der Waals surface area contributed by atoms with Gasteiger partial charge < -0.3 is 10.4 Å². The Bertz CT molecular complexity index is 933. The van der Waals surface area contributed by atoms with Gasteiger partial charge >= 0.3 is 5.97 Å². The van der Waals surface area contributed by atoms with Crippen molar-refractivity contribution >= 4 is 22.6 Å². The lowest BCUT2D eigenvalue weighted by Gasteiger charge is -2.14. The number of aromatic amines is 1. The molecule has 0 fully saturated rings. The summed E-state index contributed by atoms with van der Waals surface area (Å²) >= 11 is 0. The zero-order valence-corrected chi connectivity index (χ0v) is 14.5. The summed E-state index contributed by atoms with van der Waals surface area (Å²) < 4.78 is 0. The maximum absolute atomic E-state index is 12.1. The fraction of sp³-hybridized carbons (Fsp3) is 0.250. The number of carboxylic acids is 1. The Balaban J connectivity index is 1.62. The maximum Gasteiger partial charge on any atom is 0.308 e. The zero-order valence-electron chi connectivity index (χ0n) is 14.5. The van der Waals surface area contributed by atoms with E-state index in [4.69, 9.17) is 0 Å². The fourth-order valence-corrected chi connectivity index (χ4v) is 2.92. The SMILES string of the molecule is Cc1[nH]ncc1CC(=O)NCC(Cc1ccc2ccccc2c1)C(=O)O. The van der Waals surface area contributed by atoms with Crippen LogP contribution in [-0.2, 0) is 22.4 Å². The van der Waals surface area contributed by atoms with E-state index in [2.05, 4.69) is 15.5 Å². The van der Waals surface area contributed by atoms with Gasteiger partial charge in [0.1, 0.15) is 0 Å². The van der Waals surface area contributed by atoms with Crippen LogP contribution < -0.4 is 5.32 Å². The van der Waals surface area contributed by atoms with E-state index in [0.717, 1.165) is 27.6 Å². The minimum Gasteiger partial charge on any atom is -0.481 e. The number of carbonyl (C=O) groups is 2. The van der Waals surface area contributed by atoms with Crippen molar-refractivity contribution < 1.29 is 14.7 Å². The van der Waals surface area contributed by atoms with Crippen molar-refractivity contribution in [3.05, 3.63) is 65.5 Å². The number of aromatic nitrogens is 2. The van der Waals surface area contributed by atoms with Crippen LogP contribution in [0.2, 0.25) is 0 Å². The number of H-pyrrole nitrogens is 1. The number of hydrogen-bond acceptors (Lipinski definition) is 3. The van der Waals surface area contributed by atoms with E-state index in [1.807, 2.05) is 49.4 Å². The van der Waals surface area contributed by atoms with Crippen molar-refractivity contribution in [1.82, 2.24) is 15.5 Å². The first-order valence-electron chi connectivity index (χ1n) is 8.49. The monoisotopic (exact) mass is 351 g/mol. The predicted octanol–water partition coefficient (Wildman–Crippen LogP) is 2.47. The van der Waals surface area contributed by atoms with Crippen LogP contribution in [0.25, 0.3) is 10.8 Å². The second-order valence-electron chi connectivity index (χ2n) is 6.42. The number of nitrogens with one attached hydrogen (secondary N) is 2. The van der Waals surface area contributed by atoms with E-state index in [9.17, 15) is 14.7 Å². The number of aryl methyl sites for hydroxylation is 1. The van der Waals surface area contributed by atoms with Gasteiger partial charge in [-0.05, 0) is 29.7 Å². The summed E-state index contributed by atoms with van der Waals surface area (Å²) in [7, 11) is 0. The molecule has 1 amide bonds. The molecule has 0 aliphatic rings. The van der Waals surface area contributed by atoms with Crippen molar-refractivity contribution in [3.8, 4) is 0 Å². The molecule has 6 heteroatoms. The molecular formula is C20H21N3O3. The van der Waals surface area contributed by atoms with E-state index in [0.29, 0.717) is 6.42 Å². The highest BCUT2D eigenvalue weighted by Crippen LogP contribution is 2.18. The minimum atomic E-state index is -0.919. The molecular weight excluding hydrogens is 330 g/mol.